The quantitative estimate of drug-likeness (QED) is 0.697. The van der Waals surface area contributed by atoms with Crippen LogP contribution in [0.25, 0.3) is 21.7 Å². The fourth-order valence-electron chi connectivity index (χ4n) is 1.54. The molecule has 3 aromatic rings. The Morgan fingerprint density at radius 1 is 1.50 bits per heavy atom. The molecule has 3 rings (SSSR count). The summed E-state index contributed by atoms with van der Waals surface area (Å²) in [6.07, 6.45) is 1.44. The van der Waals surface area contributed by atoms with Crippen LogP contribution in [-0.4, -0.2) is 15.1 Å². The Morgan fingerprint density at radius 3 is 3.12 bits per heavy atom. The van der Waals surface area contributed by atoms with Gasteiger partial charge in [0.25, 0.3) is 5.56 Å². The van der Waals surface area contributed by atoms with Gasteiger partial charge in [0.1, 0.15) is 16.8 Å². The summed E-state index contributed by atoms with van der Waals surface area (Å²) < 4.78 is 4.72. The molecule has 16 heavy (non-hydrogen) atoms. The number of H-pyrrole nitrogens is 1. The van der Waals surface area contributed by atoms with Gasteiger partial charge in [-0.15, -0.1) is 11.3 Å². The molecular weight excluding hydrogens is 226 g/mol. The number of rotatable bonds is 1. The van der Waals surface area contributed by atoms with Gasteiger partial charge in [-0.2, -0.15) is 0 Å². The average Bonchev–Trinajstić information content (AvgIpc) is 2.87. The third-order valence-electron chi connectivity index (χ3n) is 2.31. The van der Waals surface area contributed by atoms with E-state index in [1.165, 1.54) is 17.6 Å². The fraction of sp³-hybridized carbons (Fsp3) is 0.100. The molecule has 0 saturated carbocycles. The van der Waals surface area contributed by atoms with Gasteiger partial charge in [0.05, 0.1) is 5.39 Å². The molecule has 0 aliphatic carbocycles. The highest BCUT2D eigenvalue weighted by Gasteiger charge is 2.10. The summed E-state index contributed by atoms with van der Waals surface area (Å²) in [5.41, 5.74) is 1.34. The Labute approximate surface area is 93.7 Å². The van der Waals surface area contributed by atoms with E-state index in [9.17, 15) is 4.79 Å². The van der Waals surface area contributed by atoms with Gasteiger partial charge < -0.3 is 9.51 Å². The number of aromatic nitrogens is 3. The minimum atomic E-state index is -0.137. The monoisotopic (exact) mass is 233 g/mol. The third-order valence-corrected chi connectivity index (χ3v) is 3.30. The maximum atomic E-state index is 11.8. The lowest BCUT2D eigenvalue weighted by molar-refractivity contribution is 0.422. The fourth-order valence-corrected chi connectivity index (χ4v) is 2.47. The Kier molecular flexibility index (Phi) is 1.90. The van der Waals surface area contributed by atoms with Crippen molar-refractivity contribution in [2.75, 3.05) is 0 Å². The van der Waals surface area contributed by atoms with Crippen molar-refractivity contribution in [1.29, 1.82) is 0 Å². The second kappa shape index (κ2) is 3.28. The van der Waals surface area contributed by atoms with E-state index in [2.05, 4.69) is 15.1 Å². The first-order valence-corrected chi connectivity index (χ1v) is 5.52. The normalized spacial score (nSPS) is 11.1. The van der Waals surface area contributed by atoms with Gasteiger partial charge >= 0.3 is 0 Å². The summed E-state index contributed by atoms with van der Waals surface area (Å²) in [6, 6.07) is 1.66. The van der Waals surface area contributed by atoms with Gasteiger partial charge in [-0.1, -0.05) is 5.16 Å². The van der Waals surface area contributed by atoms with E-state index in [0.29, 0.717) is 16.9 Å². The molecule has 80 valence electrons. The lowest BCUT2D eigenvalue weighted by Crippen LogP contribution is -2.09. The molecule has 0 spiro atoms. The summed E-state index contributed by atoms with van der Waals surface area (Å²) in [5.74, 6) is 0.438. The van der Waals surface area contributed by atoms with Crippen LogP contribution in [0, 0.1) is 6.92 Å². The van der Waals surface area contributed by atoms with Crippen molar-refractivity contribution in [3.8, 4) is 11.5 Å². The van der Waals surface area contributed by atoms with Crippen LogP contribution in [0.3, 0.4) is 0 Å². The van der Waals surface area contributed by atoms with E-state index in [0.717, 1.165) is 10.4 Å². The molecule has 0 aliphatic heterocycles. The molecule has 6 heteroatoms. The van der Waals surface area contributed by atoms with Crippen LogP contribution in [0.1, 0.15) is 5.56 Å². The molecule has 3 heterocycles. The van der Waals surface area contributed by atoms with E-state index >= 15 is 0 Å². The van der Waals surface area contributed by atoms with Crippen LogP contribution < -0.4 is 5.56 Å². The van der Waals surface area contributed by atoms with Crippen LogP contribution in [0.5, 0.6) is 0 Å². The zero-order valence-corrected chi connectivity index (χ0v) is 9.17. The van der Waals surface area contributed by atoms with Crippen molar-refractivity contribution >= 4 is 21.6 Å². The summed E-state index contributed by atoms with van der Waals surface area (Å²) in [4.78, 5) is 19.6. The topological polar surface area (TPSA) is 71.8 Å². The largest absolute Gasteiger partial charge is 0.364 e. The number of fused-ring (bicyclic) bond motifs is 1. The second-order valence-electron chi connectivity index (χ2n) is 3.40. The van der Waals surface area contributed by atoms with Gasteiger partial charge in [0, 0.05) is 6.07 Å². The number of aryl methyl sites for hydroxylation is 1. The number of thiophene rings is 1. The van der Waals surface area contributed by atoms with Crippen molar-refractivity contribution in [3.63, 3.8) is 0 Å². The van der Waals surface area contributed by atoms with E-state index in [1.54, 1.807) is 6.07 Å². The van der Waals surface area contributed by atoms with E-state index in [-0.39, 0.29) is 5.56 Å². The predicted molar refractivity (Wildman–Crippen MR) is 60.5 cm³/mol. The van der Waals surface area contributed by atoms with Gasteiger partial charge in [0.15, 0.2) is 5.82 Å². The maximum Gasteiger partial charge on any atom is 0.260 e. The molecule has 0 fully saturated rings. The minimum Gasteiger partial charge on any atom is -0.364 e. The number of nitrogens with zero attached hydrogens (tertiary/aromatic N) is 2. The van der Waals surface area contributed by atoms with Crippen molar-refractivity contribution in [2.45, 2.75) is 6.92 Å². The smallest absolute Gasteiger partial charge is 0.260 e. The molecule has 0 unspecified atom stereocenters. The zero-order chi connectivity index (χ0) is 11.1. The number of aromatic amines is 1. The molecular formula is C10H7N3O2S. The number of hydrogen-bond donors (Lipinski definition) is 1. The first kappa shape index (κ1) is 9.29. The summed E-state index contributed by atoms with van der Waals surface area (Å²) >= 11 is 1.45. The first-order valence-electron chi connectivity index (χ1n) is 4.64. The Bertz CT molecular complexity index is 696. The molecule has 5 nitrogen and oxygen atoms in total. The number of hydrogen-bond acceptors (Lipinski definition) is 5. The highest BCUT2D eigenvalue weighted by molar-refractivity contribution is 7.16. The van der Waals surface area contributed by atoms with Gasteiger partial charge in [-0.05, 0) is 17.9 Å². The molecule has 0 amide bonds. The lowest BCUT2D eigenvalue weighted by Gasteiger charge is -1.95. The summed E-state index contributed by atoms with van der Waals surface area (Å²) in [7, 11) is 0. The SMILES string of the molecule is Cc1csc2nc(-c3ccon3)[nH]c(=O)c12. The molecule has 1 N–H and O–H groups in total. The van der Waals surface area contributed by atoms with E-state index in [4.69, 9.17) is 4.52 Å². The van der Waals surface area contributed by atoms with E-state index < -0.39 is 0 Å². The highest BCUT2D eigenvalue weighted by Crippen LogP contribution is 2.21. The Balaban J connectivity index is 2.34. The Hall–Kier alpha value is -1.95. The zero-order valence-electron chi connectivity index (χ0n) is 8.35. The maximum absolute atomic E-state index is 11.8. The summed E-state index contributed by atoms with van der Waals surface area (Å²) in [5, 5.41) is 6.30. The second-order valence-corrected chi connectivity index (χ2v) is 4.26. The predicted octanol–water partition coefficient (Wildman–Crippen LogP) is 1.95. The third kappa shape index (κ3) is 1.27. The average molecular weight is 233 g/mol. The van der Waals surface area contributed by atoms with Crippen molar-refractivity contribution in [2.24, 2.45) is 0 Å². The molecule has 3 aromatic heterocycles. The van der Waals surface area contributed by atoms with Crippen molar-refractivity contribution < 1.29 is 4.52 Å². The van der Waals surface area contributed by atoms with Crippen molar-refractivity contribution in [3.05, 3.63) is 33.6 Å². The Morgan fingerprint density at radius 2 is 2.38 bits per heavy atom. The molecule has 0 aliphatic rings. The van der Waals surface area contributed by atoms with Crippen LogP contribution in [-0.2, 0) is 0 Å². The molecule has 0 radical (unpaired) electrons. The lowest BCUT2D eigenvalue weighted by atomic mass is 10.3. The molecule has 0 saturated heterocycles. The number of nitrogens with one attached hydrogen (secondary N) is 1. The van der Waals surface area contributed by atoms with Gasteiger partial charge in [-0.3, -0.25) is 4.79 Å². The van der Waals surface area contributed by atoms with Crippen LogP contribution in [0.2, 0.25) is 0 Å². The van der Waals surface area contributed by atoms with Crippen LogP contribution in [0.15, 0.2) is 27.0 Å². The summed E-state index contributed by atoms with van der Waals surface area (Å²) in [6.45, 7) is 1.89. The van der Waals surface area contributed by atoms with Gasteiger partial charge in [0.2, 0.25) is 0 Å². The van der Waals surface area contributed by atoms with Crippen LogP contribution >= 0.6 is 11.3 Å². The minimum absolute atomic E-state index is 0.137. The highest BCUT2D eigenvalue weighted by atomic mass is 32.1. The standard InChI is InChI=1S/C10H7N3O2S/c1-5-4-16-10-7(5)9(14)11-8(12-10)6-2-3-15-13-6/h2-4H,1H3,(H,11,12,14). The van der Waals surface area contributed by atoms with Crippen molar-refractivity contribution in [1.82, 2.24) is 15.1 Å². The molecule has 0 bridgehead atoms. The molecule has 0 aromatic carbocycles. The van der Waals surface area contributed by atoms with Gasteiger partial charge in [-0.25, -0.2) is 4.98 Å². The molecule has 0 atom stereocenters. The van der Waals surface area contributed by atoms with Crippen LogP contribution in [0.4, 0.5) is 0 Å². The first-order chi connectivity index (χ1) is 7.75. The van der Waals surface area contributed by atoms with E-state index in [1.807, 2.05) is 12.3 Å².